The van der Waals surface area contributed by atoms with Crippen molar-refractivity contribution in [3.63, 3.8) is 0 Å². The van der Waals surface area contributed by atoms with Gasteiger partial charge in [-0.1, -0.05) is 62.1 Å². The van der Waals surface area contributed by atoms with Gasteiger partial charge in [-0.25, -0.2) is 9.79 Å². The Morgan fingerprint density at radius 1 is 0.960 bits per heavy atom. The van der Waals surface area contributed by atoms with Gasteiger partial charge in [0.2, 0.25) is 0 Å². The van der Waals surface area contributed by atoms with Crippen LogP contribution in [0.3, 0.4) is 0 Å². The van der Waals surface area contributed by atoms with E-state index >= 15 is 0 Å². The van der Waals surface area contributed by atoms with Crippen LogP contribution in [0.1, 0.15) is 87.7 Å². The minimum Gasteiger partial charge on any atom is -0.478 e. The van der Waals surface area contributed by atoms with E-state index in [1.807, 2.05) is 30.5 Å². The maximum absolute atomic E-state index is 12.2. The summed E-state index contributed by atoms with van der Waals surface area (Å²) in [6.07, 6.45) is 14.3. The number of aliphatic hydroxyl groups is 2. The van der Waals surface area contributed by atoms with E-state index in [1.165, 1.54) is 11.6 Å². The zero-order chi connectivity index (χ0) is 35.7. The summed E-state index contributed by atoms with van der Waals surface area (Å²) in [5.74, 6) is 0.0318. The monoisotopic (exact) mass is 687 g/mol. The van der Waals surface area contributed by atoms with E-state index in [2.05, 4.69) is 44.9 Å². The van der Waals surface area contributed by atoms with Gasteiger partial charge in [0.15, 0.2) is 5.96 Å². The third kappa shape index (κ3) is 11.8. The molecule has 0 bridgehead atoms. The summed E-state index contributed by atoms with van der Waals surface area (Å²) in [5, 5.41) is 37.7. The molecular formula is C39H53N5O6. The number of aliphatic carboxylic acids is 1. The van der Waals surface area contributed by atoms with Crippen LogP contribution in [0.25, 0.3) is 10.8 Å². The number of anilines is 1. The number of aromatic amines is 1. The number of carboxylic acids is 1. The predicted molar refractivity (Wildman–Crippen MR) is 197 cm³/mol. The van der Waals surface area contributed by atoms with E-state index in [0.29, 0.717) is 31.3 Å². The lowest BCUT2D eigenvalue weighted by molar-refractivity contribution is -0.131. The van der Waals surface area contributed by atoms with Crippen molar-refractivity contribution in [2.45, 2.75) is 101 Å². The van der Waals surface area contributed by atoms with Crippen LogP contribution in [0.5, 0.6) is 0 Å². The highest BCUT2D eigenvalue weighted by molar-refractivity contribution is 5.85. The Balaban J connectivity index is 1.57. The molecule has 0 saturated carbocycles. The molecule has 0 aliphatic carbocycles. The minimum atomic E-state index is -1.07. The number of fused-ring (bicyclic) bond motifs is 1. The highest BCUT2D eigenvalue weighted by atomic mass is 16.4. The summed E-state index contributed by atoms with van der Waals surface area (Å²) in [6.45, 7) is -0.0466. The standard InChI is InChI=1S/C39H53N5O6/c40-39-42-33(26-48)23-36(44-39)34(24-38(49)50)35(43-37-10-5-18-41-37)16-15-29(9-4-2-1-3-7-28(25-47)8-6-19-45)31-14-13-30-12-11-27(17-20-46)21-32(30)22-31/h5,10-14,18,20-22,24-25,28-29,33,35-36,41,43,45,48H,1-4,6-9,15-17,19,23,26H2,(H,49,50)(H3,40,42,44)/b34-24-/t28-,29-,33+,35-,36-/m0/s1. The predicted octanol–water partition coefficient (Wildman–Crippen LogP) is 5.23. The second-order valence-corrected chi connectivity index (χ2v) is 13.4. The highest BCUT2D eigenvalue weighted by Crippen LogP contribution is 2.34. The number of H-pyrrole nitrogens is 1. The summed E-state index contributed by atoms with van der Waals surface area (Å²) >= 11 is 0. The van der Waals surface area contributed by atoms with E-state index in [1.54, 1.807) is 0 Å². The van der Waals surface area contributed by atoms with Crippen LogP contribution >= 0.6 is 0 Å². The molecular weight excluding hydrogens is 634 g/mol. The number of aromatic nitrogens is 1. The van der Waals surface area contributed by atoms with Crippen molar-refractivity contribution in [2.75, 3.05) is 18.5 Å². The number of nitrogens with zero attached hydrogens (tertiary/aromatic N) is 1. The normalized spacial score (nSPS) is 18.1. The zero-order valence-electron chi connectivity index (χ0n) is 28.8. The molecule has 0 unspecified atom stereocenters. The van der Waals surface area contributed by atoms with Crippen LogP contribution in [0, 0.1) is 5.92 Å². The molecule has 1 aliphatic heterocycles. The van der Waals surface area contributed by atoms with E-state index in [0.717, 1.165) is 86.1 Å². The molecule has 0 amide bonds. The zero-order valence-corrected chi connectivity index (χ0v) is 28.8. The smallest absolute Gasteiger partial charge is 0.328 e. The van der Waals surface area contributed by atoms with Gasteiger partial charge in [-0.05, 0) is 90.5 Å². The van der Waals surface area contributed by atoms with Gasteiger partial charge in [0.1, 0.15) is 18.4 Å². The molecule has 8 N–H and O–H groups in total. The Labute approximate surface area is 294 Å². The third-order valence-corrected chi connectivity index (χ3v) is 9.71. The van der Waals surface area contributed by atoms with Gasteiger partial charge in [-0.3, -0.25) is 0 Å². The summed E-state index contributed by atoms with van der Waals surface area (Å²) < 4.78 is 0. The number of aliphatic imine (C=N–C) groups is 1. The number of aliphatic hydroxyl groups excluding tert-OH is 2. The first-order valence-corrected chi connectivity index (χ1v) is 17.9. The molecule has 1 aromatic heterocycles. The van der Waals surface area contributed by atoms with Gasteiger partial charge < -0.3 is 46.3 Å². The molecule has 11 nitrogen and oxygen atoms in total. The quantitative estimate of drug-likeness (QED) is 0.0398. The van der Waals surface area contributed by atoms with Crippen molar-refractivity contribution >= 4 is 41.1 Å². The number of aldehydes is 2. The topological polar surface area (TPSA) is 190 Å². The molecule has 4 rings (SSSR count). The minimum absolute atomic E-state index is 0.000972. The number of nitrogens with one attached hydrogen (secondary N) is 3. The molecule has 270 valence electrons. The Hall–Kier alpha value is -4.48. The number of benzene rings is 2. The maximum Gasteiger partial charge on any atom is 0.328 e. The molecule has 0 fully saturated rings. The summed E-state index contributed by atoms with van der Waals surface area (Å²) in [6, 6.07) is 15.1. The van der Waals surface area contributed by atoms with Crippen molar-refractivity contribution in [3.8, 4) is 0 Å². The molecule has 50 heavy (non-hydrogen) atoms. The van der Waals surface area contributed by atoms with E-state index in [9.17, 15) is 24.6 Å². The average molecular weight is 688 g/mol. The lowest BCUT2D eigenvalue weighted by Crippen LogP contribution is -2.49. The summed E-state index contributed by atoms with van der Waals surface area (Å²) in [5.41, 5.74) is 8.84. The molecule has 2 heterocycles. The second-order valence-electron chi connectivity index (χ2n) is 13.4. The number of rotatable bonds is 23. The molecule has 3 aromatic rings. The third-order valence-electron chi connectivity index (χ3n) is 9.71. The molecule has 11 heteroatoms. The van der Waals surface area contributed by atoms with Crippen LogP contribution in [-0.4, -0.2) is 76.1 Å². The Bertz CT molecular complexity index is 1570. The number of carbonyl (C=O) groups excluding carboxylic acids is 2. The summed E-state index contributed by atoms with van der Waals surface area (Å²) in [4.78, 5) is 42.6. The lowest BCUT2D eigenvalue weighted by Gasteiger charge is -2.33. The first kappa shape index (κ1) is 38.3. The number of nitrogens with two attached hydrogens (primary N) is 1. The molecule has 1 aliphatic rings. The van der Waals surface area contributed by atoms with Crippen LogP contribution in [0.4, 0.5) is 5.82 Å². The number of guanidine groups is 1. The highest BCUT2D eigenvalue weighted by Gasteiger charge is 2.30. The number of carbonyl (C=O) groups is 3. The van der Waals surface area contributed by atoms with Gasteiger partial charge in [0, 0.05) is 31.2 Å². The Morgan fingerprint density at radius 3 is 2.44 bits per heavy atom. The van der Waals surface area contributed by atoms with Crippen molar-refractivity contribution in [1.29, 1.82) is 0 Å². The van der Waals surface area contributed by atoms with Crippen LogP contribution in [0.15, 0.2) is 71.4 Å². The molecule has 0 spiro atoms. The van der Waals surface area contributed by atoms with Crippen molar-refractivity contribution in [1.82, 2.24) is 10.3 Å². The van der Waals surface area contributed by atoms with Gasteiger partial charge in [-0.15, -0.1) is 0 Å². The van der Waals surface area contributed by atoms with E-state index < -0.39 is 12.0 Å². The van der Waals surface area contributed by atoms with Crippen molar-refractivity contribution in [3.05, 3.63) is 77.5 Å². The van der Waals surface area contributed by atoms with Gasteiger partial charge in [0.25, 0.3) is 0 Å². The SMILES string of the molecule is NC1=N[C@H](/C(=C\C(=O)O)[C@H](CC[C@H](CCCCCC[C@H](C=O)CCCO)c2ccc3ccc(CC=O)cc3c2)Nc2ccc[nH]2)C[C@H](CO)N1. The Kier molecular flexibility index (Phi) is 15.5. The molecule has 5 atom stereocenters. The molecule has 0 saturated heterocycles. The first-order valence-electron chi connectivity index (χ1n) is 17.9. The number of hydrogen-bond acceptors (Lipinski definition) is 9. The molecule has 2 aromatic carbocycles. The first-order chi connectivity index (χ1) is 24.3. The number of hydrogen-bond donors (Lipinski definition) is 7. The average Bonchev–Trinajstić information content (AvgIpc) is 3.63. The Morgan fingerprint density at radius 2 is 1.74 bits per heavy atom. The van der Waals surface area contributed by atoms with Crippen molar-refractivity contribution in [2.24, 2.45) is 16.6 Å². The maximum atomic E-state index is 12.2. The van der Waals surface area contributed by atoms with E-state index in [-0.39, 0.29) is 43.1 Å². The van der Waals surface area contributed by atoms with Crippen LogP contribution in [0.2, 0.25) is 0 Å². The largest absolute Gasteiger partial charge is 0.478 e. The fraction of sp³-hybridized carbons (Fsp3) is 0.487. The second kappa shape index (κ2) is 20.3. The lowest BCUT2D eigenvalue weighted by atomic mass is 9.83. The van der Waals surface area contributed by atoms with Gasteiger partial charge >= 0.3 is 5.97 Å². The van der Waals surface area contributed by atoms with Crippen LogP contribution in [-0.2, 0) is 20.8 Å². The van der Waals surface area contributed by atoms with Crippen molar-refractivity contribution < 1.29 is 29.7 Å². The molecule has 0 radical (unpaired) electrons. The number of unbranched alkanes of at least 4 members (excludes halogenated alkanes) is 3. The van der Waals surface area contributed by atoms with Crippen LogP contribution < -0.4 is 16.4 Å². The van der Waals surface area contributed by atoms with Gasteiger partial charge in [0.05, 0.1) is 24.7 Å². The van der Waals surface area contributed by atoms with E-state index in [4.69, 9.17) is 10.8 Å². The van der Waals surface area contributed by atoms with Gasteiger partial charge in [-0.2, -0.15) is 0 Å². The number of carboxylic acid groups (broad SMARTS) is 1. The fourth-order valence-electron chi connectivity index (χ4n) is 7.05. The fourth-order valence-corrected chi connectivity index (χ4v) is 7.05. The summed E-state index contributed by atoms with van der Waals surface area (Å²) in [7, 11) is 0.